The number of rotatable bonds is 6. The maximum atomic E-state index is 11.5. The lowest BCUT2D eigenvalue weighted by atomic mass is 10.2. The molecular formula is C14H18ClNO5. The normalized spacial score (nSPS) is 8.90. The zero-order valence-corrected chi connectivity index (χ0v) is 12.7. The van der Waals surface area contributed by atoms with Gasteiger partial charge in [-0.2, -0.15) is 0 Å². The summed E-state index contributed by atoms with van der Waals surface area (Å²) in [5.41, 5.74) is 0.653. The number of carbonyl (C=O) groups excluding carboxylic acids is 3. The fourth-order valence-electron chi connectivity index (χ4n) is 1.29. The Kier molecular flexibility index (Phi) is 10.6. The number of benzene rings is 1. The maximum Gasteiger partial charge on any atom is 0.305 e. The van der Waals surface area contributed by atoms with E-state index in [1.807, 2.05) is 0 Å². The van der Waals surface area contributed by atoms with E-state index < -0.39 is 0 Å². The molecule has 1 rings (SSSR count). The lowest BCUT2D eigenvalue weighted by Gasteiger charge is -2.05. The van der Waals surface area contributed by atoms with Crippen molar-refractivity contribution in [2.45, 2.75) is 19.3 Å². The van der Waals surface area contributed by atoms with Gasteiger partial charge in [-0.05, 0) is 24.6 Å². The summed E-state index contributed by atoms with van der Waals surface area (Å²) in [4.78, 5) is 31.3. The number of methoxy groups -OCH3 is 2. The van der Waals surface area contributed by atoms with Crippen LogP contribution in [0.3, 0.4) is 0 Å². The Hall–Kier alpha value is -2.08. The zero-order valence-electron chi connectivity index (χ0n) is 11.9. The number of halogens is 1. The number of anilines is 1. The molecule has 21 heavy (non-hydrogen) atoms. The molecule has 0 atom stereocenters. The Bertz CT molecular complexity index is 464. The van der Waals surface area contributed by atoms with Gasteiger partial charge in [-0.1, -0.05) is 17.7 Å². The van der Waals surface area contributed by atoms with Crippen LogP contribution in [0.4, 0.5) is 5.69 Å². The van der Waals surface area contributed by atoms with Crippen LogP contribution in [0, 0.1) is 0 Å². The number of amides is 1. The SMILES string of the molecule is COC(=O)CCCC(=O)Nc1cccc(Cl)c1.COC=O. The van der Waals surface area contributed by atoms with Crippen LogP contribution in [0.1, 0.15) is 19.3 Å². The lowest BCUT2D eigenvalue weighted by molar-refractivity contribution is -0.140. The molecule has 0 spiro atoms. The minimum atomic E-state index is -0.305. The van der Waals surface area contributed by atoms with E-state index in [0.29, 0.717) is 23.6 Å². The molecule has 0 radical (unpaired) electrons. The third-order valence-electron chi connectivity index (χ3n) is 2.22. The van der Waals surface area contributed by atoms with E-state index in [4.69, 9.17) is 16.4 Å². The lowest BCUT2D eigenvalue weighted by Crippen LogP contribution is -2.12. The number of nitrogens with one attached hydrogen (secondary N) is 1. The van der Waals surface area contributed by atoms with Gasteiger partial charge >= 0.3 is 5.97 Å². The van der Waals surface area contributed by atoms with Crippen LogP contribution in [0.5, 0.6) is 0 Å². The van der Waals surface area contributed by atoms with Gasteiger partial charge in [-0.3, -0.25) is 14.4 Å². The molecule has 0 aromatic heterocycles. The van der Waals surface area contributed by atoms with Gasteiger partial charge in [0.1, 0.15) is 0 Å². The molecule has 0 unspecified atom stereocenters. The highest BCUT2D eigenvalue weighted by atomic mass is 35.5. The van der Waals surface area contributed by atoms with Crippen molar-refractivity contribution in [3.63, 3.8) is 0 Å². The first-order valence-electron chi connectivity index (χ1n) is 6.12. The van der Waals surface area contributed by atoms with Crippen molar-refractivity contribution >= 4 is 35.6 Å². The molecule has 6 nitrogen and oxygen atoms in total. The minimum Gasteiger partial charge on any atom is -0.471 e. The van der Waals surface area contributed by atoms with Gasteiger partial charge in [0.05, 0.1) is 14.2 Å². The number of hydrogen-bond acceptors (Lipinski definition) is 5. The van der Waals surface area contributed by atoms with Crippen LogP contribution in [-0.2, 0) is 23.9 Å². The molecule has 0 saturated carbocycles. The number of esters is 1. The van der Waals surface area contributed by atoms with Crippen molar-refractivity contribution in [2.24, 2.45) is 0 Å². The van der Waals surface area contributed by atoms with E-state index in [0.717, 1.165) is 0 Å². The fraction of sp³-hybridized carbons (Fsp3) is 0.357. The van der Waals surface area contributed by atoms with Crippen LogP contribution >= 0.6 is 11.6 Å². The summed E-state index contributed by atoms with van der Waals surface area (Å²) >= 11 is 5.78. The summed E-state index contributed by atoms with van der Waals surface area (Å²) in [5, 5.41) is 3.27. The highest BCUT2D eigenvalue weighted by molar-refractivity contribution is 6.30. The van der Waals surface area contributed by atoms with E-state index in [9.17, 15) is 9.59 Å². The van der Waals surface area contributed by atoms with Crippen molar-refractivity contribution in [1.29, 1.82) is 0 Å². The summed E-state index contributed by atoms with van der Waals surface area (Å²) in [6.07, 6.45) is 1.00. The second-order valence-electron chi connectivity index (χ2n) is 3.82. The first-order chi connectivity index (χ1) is 10.0. The van der Waals surface area contributed by atoms with Gasteiger partial charge in [-0.25, -0.2) is 0 Å². The van der Waals surface area contributed by atoms with Gasteiger partial charge in [-0.15, -0.1) is 0 Å². The molecule has 1 aromatic rings. The average molecular weight is 316 g/mol. The van der Waals surface area contributed by atoms with E-state index in [-0.39, 0.29) is 24.7 Å². The molecule has 0 fully saturated rings. The molecule has 7 heteroatoms. The van der Waals surface area contributed by atoms with E-state index >= 15 is 0 Å². The van der Waals surface area contributed by atoms with Crippen LogP contribution < -0.4 is 5.32 Å². The van der Waals surface area contributed by atoms with Crippen molar-refractivity contribution in [1.82, 2.24) is 0 Å². The first-order valence-corrected chi connectivity index (χ1v) is 6.50. The highest BCUT2D eigenvalue weighted by Gasteiger charge is 2.05. The van der Waals surface area contributed by atoms with Crippen LogP contribution in [0.15, 0.2) is 24.3 Å². The smallest absolute Gasteiger partial charge is 0.305 e. The molecule has 0 bridgehead atoms. The van der Waals surface area contributed by atoms with Crippen molar-refractivity contribution in [3.8, 4) is 0 Å². The van der Waals surface area contributed by atoms with Crippen LogP contribution in [0.2, 0.25) is 5.02 Å². The Labute approximate surface area is 128 Å². The molecule has 0 aliphatic heterocycles. The Morgan fingerprint density at radius 2 is 1.95 bits per heavy atom. The fourth-order valence-corrected chi connectivity index (χ4v) is 1.48. The summed E-state index contributed by atoms with van der Waals surface area (Å²) in [6.45, 7) is 0.375. The van der Waals surface area contributed by atoms with Crippen molar-refractivity contribution < 1.29 is 23.9 Å². The van der Waals surface area contributed by atoms with Crippen molar-refractivity contribution in [3.05, 3.63) is 29.3 Å². The summed E-state index contributed by atoms with van der Waals surface area (Å²) in [5.74, 6) is -0.447. The molecule has 0 aliphatic rings. The molecule has 0 heterocycles. The molecule has 1 aromatic carbocycles. The van der Waals surface area contributed by atoms with Crippen molar-refractivity contribution in [2.75, 3.05) is 19.5 Å². The molecule has 0 aliphatic carbocycles. The Morgan fingerprint density at radius 1 is 1.29 bits per heavy atom. The second-order valence-corrected chi connectivity index (χ2v) is 4.26. The highest BCUT2D eigenvalue weighted by Crippen LogP contribution is 2.15. The summed E-state index contributed by atoms with van der Waals surface area (Å²) in [6, 6.07) is 6.91. The first kappa shape index (κ1) is 18.9. The second kappa shape index (κ2) is 11.7. The number of hydrogen-bond donors (Lipinski definition) is 1. The zero-order chi connectivity index (χ0) is 16.1. The quantitative estimate of drug-likeness (QED) is 0.644. The third-order valence-corrected chi connectivity index (χ3v) is 2.45. The predicted molar refractivity (Wildman–Crippen MR) is 79.0 cm³/mol. The Morgan fingerprint density at radius 3 is 2.48 bits per heavy atom. The standard InChI is InChI=1S/C12H14ClNO3.C2H4O2/c1-17-12(16)7-3-6-11(15)14-10-5-2-4-9(13)8-10;1-4-2-3/h2,4-5,8H,3,6-7H2,1H3,(H,14,15);2H,1H3. The molecule has 1 amide bonds. The molecule has 0 saturated heterocycles. The van der Waals surface area contributed by atoms with Gasteiger partial charge < -0.3 is 14.8 Å². The predicted octanol–water partition coefficient (Wildman–Crippen LogP) is 2.41. The van der Waals surface area contributed by atoms with Crippen LogP contribution in [0.25, 0.3) is 0 Å². The average Bonchev–Trinajstić information content (AvgIpc) is 2.47. The minimum absolute atomic E-state index is 0.142. The van der Waals surface area contributed by atoms with E-state index in [1.165, 1.54) is 14.2 Å². The van der Waals surface area contributed by atoms with Gasteiger partial charge in [0.2, 0.25) is 5.91 Å². The third kappa shape index (κ3) is 10.4. The molecule has 1 N–H and O–H groups in total. The summed E-state index contributed by atoms with van der Waals surface area (Å²) in [7, 11) is 2.64. The van der Waals surface area contributed by atoms with E-state index in [2.05, 4.69) is 14.8 Å². The van der Waals surface area contributed by atoms with Gasteiger partial charge in [0.15, 0.2) is 0 Å². The number of carbonyl (C=O) groups is 3. The van der Waals surface area contributed by atoms with Crippen LogP contribution in [-0.4, -0.2) is 32.6 Å². The summed E-state index contributed by atoms with van der Waals surface area (Å²) < 4.78 is 8.34. The molecule has 116 valence electrons. The van der Waals surface area contributed by atoms with Gasteiger partial charge in [0, 0.05) is 23.6 Å². The monoisotopic (exact) mass is 315 g/mol. The Balaban J connectivity index is 0.000000885. The maximum absolute atomic E-state index is 11.5. The number of ether oxygens (including phenoxy) is 2. The topological polar surface area (TPSA) is 81.7 Å². The van der Waals surface area contributed by atoms with E-state index in [1.54, 1.807) is 24.3 Å². The van der Waals surface area contributed by atoms with Gasteiger partial charge in [0.25, 0.3) is 6.47 Å². The molecular weight excluding hydrogens is 298 g/mol. The largest absolute Gasteiger partial charge is 0.471 e.